The fourth-order valence-corrected chi connectivity index (χ4v) is 2.65. The van der Waals surface area contributed by atoms with Crippen molar-refractivity contribution in [2.45, 2.75) is 38.2 Å². The molecule has 1 N–H and O–H groups in total. The first-order chi connectivity index (χ1) is 5.48. The lowest BCUT2D eigenvalue weighted by Crippen LogP contribution is -2.40. The molecule has 12 heavy (non-hydrogen) atoms. The van der Waals surface area contributed by atoms with Crippen molar-refractivity contribution >= 4 is 5.78 Å². The molecule has 0 saturated heterocycles. The summed E-state index contributed by atoms with van der Waals surface area (Å²) in [6.45, 7) is 5.72. The summed E-state index contributed by atoms with van der Waals surface area (Å²) in [6.07, 6.45) is 2.47. The zero-order valence-corrected chi connectivity index (χ0v) is 7.39. The van der Waals surface area contributed by atoms with Crippen LogP contribution >= 0.6 is 0 Å². The zero-order chi connectivity index (χ0) is 8.98. The van der Waals surface area contributed by atoms with E-state index in [9.17, 15) is 9.90 Å². The highest BCUT2D eigenvalue weighted by Crippen LogP contribution is 2.56. The molecule has 2 fully saturated rings. The number of Topliss-reactive ketones (excluding diaryl/α,β-unsaturated/α-hetero) is 1. The molecule has 2 nitrogen and oxygen atoms in total. The largest absolute Gasteiger partial charge is 0.388 e. The maximum absolute atomic E-state index is 11.5. The number of ketones is 1. The lowest BCUT2D eigenvalue weighted by atomic mass is 9.78. The molecule has 0 amide bonds. The van der Waals surface area contributed by atoms with Crippen molar-refractivity contribution in [3.05, 3.63) is 12.2 Å². The molecule has 2 heteroatoms. The third-order valence-electron chi connectivity index (χ3n) is 3.55. The van der Waals surface area contributed by atoms with Gasteiger partial charge in [-0.25, -0.2) is 0 Å². The van der Waals surface area contributed by atoms with Gasteiger partial charge < -0.3 is 5.11 Å². The minimum absolute atomic E-state index is 0.212. The molecule has 0 heterocycles. The SMILES string of the molecule is C=C1CC2(O)CCC(=O)C2(C)C1. The van der Waals surface area contributed by atoms with Crippen LogP contribution in [0.3, 0.4) is 0 Å². The van der Waals surface area contributed by atoms with E-state index in [2.05, 4.69) is 6.58 Å². The Hall–Kier alpha value is -0.630. The average Bonchev–Trinajstić information content (AvgIpc) is 2.28. The fourth-order valence-electron chi connectivity index (χ4n) is 2.65. The van der Waals surface area contributed by atoms with Crippen molar-refractivity contribution < 1.29 is 9.90 Å². The smallest absolute Gasteiger partial charge is 0.142 e. The van der Waals surface area contributed by atoms with Gasteiger partial charge in [0, 0.05) is 6.42 Å². The predicted octanol–water partition coefficient (Wildman–Crippen LogP) is 1.44. The number of fused-ring (bicyclic) bond motifs is 1. The molecule has 0 aromatic carbocycles. The Morgan fingerprint density at radius 3 is 2.75 bits per heavy atom. The van der Waals surface area contributed by atoms with Crippen molar-refractivity contribution in [1.29, 1.82) is 0 Å². The molecule has 0 aliphatic heterocycles. The molecule has 2 unspecified atom stereocenters. The molecular weight excluding hydrogens is 152 g/mol. The lowest BCUT2D eigenvalue weighted by Gasteiger charge is -2.30. The Bertz CT molecular complexity index is 269. The number of hydrogen-bond donors (Lipinski definition) is 1. The molecule has 2 saturated carbocycles. The van der Waals surface area contributed by atoms with Gasteiger partial charge in [0.2, 0.25) is 0 Å². The second-order valence-corrected chi connectivity index (χ2v) is 4.39. The van der Waals surface area contributed by atoms with Crippen LogP contribution in [0.2, 0.25) is 0 Å². The van der Waals surface area contributed by atoms with Gasteiger partial charge in [0.15, 0.2) is 0 Å². The Morgan fingerprint density at radius 2 is 2.17 bits per heavy atom. The summed E-state index contributed by atoms with van der Waals surface area (Å²) >= 11 is 0. The van der Waals surface area contributed by atoms with E-state index in [1.807, 2.05) is 6.92 Å². The van der Waals surface area contributed by atoms with E-state index < -0.39 is 11.0 Å². The van der Waals surface area contributed by atoms with Crippen molar-refractivity contribution in [3.8, 4) is 0 Å². The topological polar surface area (TPSA) is 37.3 Å². The van der Waals surface area contributed by atoms with Gasteiger partial charge in [0.25, 0.3) is 0 Å². The van der Waals surface area contributed by atoms with Crippen LogP contribution in [0.15, 0.2) is 12.2 Å². The van der Waals surface area contributed by atoms with Crippen LogP contribution in [0.1, 0.15) is 32.6 Å². The van der Waals surface area contributed by atoms with Gasteiger partial charge in [-0.2, -0.15) is 0 Å². The van der Waals surface area contributed by atoms with Crippen molar-refractivity contribution in [2.75, 3.05) is 0 Å². The highest BCUT2D eigenvalue weighted by Gasteiger charge is 2.60. The normalized spacial score (nSPS) is 46.8. The Balaban J connectivity index is 2.45. The number of aliphatic hydroxyl groups is 1. The maximum atomic E-state index is 11.5. The minimum atomic E-state index is -0.763. The molecule has 2 aliphatic carbocycles. The van der Waals surface area contributed by atoms with E-state index in [1.54, 1.807) is 0 Å². The summed E-state index contributed by atoms with van der Waals surface area (Å²) < 4.78 is 0. The summed E-state index contributed by atoms with van der Waals surface area (Å²) in [5.41, 5.74) is -0.251. The summed E-state index contributed by atoms with van der Waals surface area (Å²) in [6, 6.07) is 0. The van der Waals surface area contributed by atoms with E-state index in [0.29, 0.717) is 25.7 Å². The van der Waals surface area contributed by atoms with Gasteiger partial charge in [-0.3, -0.25) is 4.79 Å². The number of carbonyl (C=O) groups is 1. The van der Waals surface area contributed by atoms with Crippen LogP contribution in [-0.2, 0) is 4.79 Å². The van der Waals surface area contributed by atoms with Crippen molar-refractivity contribution in [2.24, 2.45) is 5.41 Å². The molecule has 0 radical (unpaired) electrons. The van der Waals surface area contributed by atoms with Gasteiger partial charge in [0.05, 0.1) is 11.0 Å². The second-order valence-electron chi connectivity index (χ2n) is 4.39. The van der Waals surface area contributed by atoms with Crippen LogP contribution in [-0.4, -0.2) is 16.5 Å². The highest BCUT2D eigenvalue weighted by molar-refractivity contribution is 5.89. The van der Waals surface area contributed by atoms with Gasteiger partial charge in [0.1, 0.15) is 5.78 Å². The number of rotatable bonds is 0. The van der Waals surface area contributed by atoms with Crippen LogP contribution in [0.25, 0.3) is 0 Å². The molecule has 0 bridgehead atoms. The quantitative estimate of drug-likeness (QED) is 0.553. The van der Waals surface area contributed by atoms with E-state index >= 15 is 0 Å². The molecule has 66 valence electrons. The van der Waals surface area contributed by atoms with Crippen molar-refractivity contribution in [1.82, 2.24) is 0 Å². The number of carbonyl (C=O) groups excluding carboxylic acids is 1. The van der Waals surface area contributed by atoms with E-state index in [1.165, 1.54) is 0 Å². The first kappa shape index (κ1) is 7.99. The molecule has 0 spiro atoms. The van der Waals surface area contributed by atoms with E-state index in [-0.39, 0.29) is 5.78 Å². The van der Waals surface area contributed by atoms with Crippen LogP contribution < -0.4 is 0 Å². The molecule has 2 atom stereocenters. The Kier molecular flexibility index (Phi) is 1.33. The van der Waals surface area contributed by atoms with Gasteiger partial charge in [-0.05, 0) is 26.2 Å². The minimum Gasteiger partial charge on any atom is -0.388 e. The standard InChI is InChI=1S/C10H14O2/c1-7-5-9(2)8(11)3-4-10(9,12)6-7/h12H,1,3-6H2,2H3. The van der Waals surface area contributed by atoms with Crippen LogP contribution in [0, 0.1) is 5.41 Å². The van der Waals surface area contributed by atoms with Gasteiger partial charge in [-0.1, -0.05) is 12.2 Å². The molecule has 2 aliphatic rings. The fraction of sp³-hybridized carbons (Fsp3) is 0.700. The molecular formula is C10H14O2. The van der Waals surface area contributed by atoms with Crippen molar-refractivity contribution in [3.63, 3.8) is 0 Å². The summed E-state index contributed by atoms with van der Waals surface area (Å²) in [5, 5.41) is 10.1. The van der Waals surface area contributed by atoms with Gasteiger partial charge in [-0.15, -0.1) is 0 Å². The third-order valence-corrected chi connectivity index (χ3v) is 3.55. The third kappa shape index (κ3) is 0.712. The first-order valence-corrected chi connectivity index (χ1v) is 4.40. The summed E-state index contributed by atoms with van der Waals surface area (Å²) in [5.74, 6) is 0.212. The molecule has 2 rings (SSSR count). The summed E-state index contributed by atoms with van der Waals surface area (Å²) in [4.78, 5) is 11.5. The monoisotopic (exact) mass is 166 g/mol. The van der Waals surface area contributed by atoms with Gasteiger partial charge >= 0.3 is 0 Å². The lowest BCUT2D eigenvalue weighted by molar-refractivity contribution is -0.131. The predicted molar refractivity (Wildman–Crippen MR) is 45.7 cm³/mol. The second kappa shape index (κ2) is 1.99. The zero-order valence-electron chi connectivity index (χ0n) is 7.39. The average molecular weight is 166 g/mol. The van der Waals surface area contributed by atoms with Crippen LogP contribution in [0.4, 0.5) is 0 Å². The van der Waals surface area contributed by atoms with E-state index in [0.717, 1.165) is 5.57 Å². The Morgan fingerprint density at radius 1 is 1.50 bits per heavy atom. The number of hydrogen-bond acceptors (Lipinski definition) is 2. The first-order valence-electron chi connectivity index (χ1n) is 4.40. The maximum Gasteiger partial charge on any atom is 0.142 e. The molecule has 0 aromatic heterocycles. The molecule has 0 aromatic rings. The summed E-state index contributed by atoms with van der Waals surface area (Å²) in [7, 11) is 0. The van der Waals surface area contributed by atoms with E-state index in [4.69, 9.17) is 0 Å². The van der Waals surface area contributed by atoms with Crippen LogP contribution in [0.5, 0.6) is 0 Å². The highest BCUT2D eigenvalue weighted by atomic mass is 16.3. The Labute approximate surface area is 72.3 Å².